The zero-order valence-electron chi connectivity index (χ0n) is 20.4. The molecule has 0 unspecified atom stereocenters. The topological polar surface area (TPSA) is 38.3 Å². The summed E-state index contributed by atoms with van der Waals surface area (Å²) in [5, 5.41) is 3.48. The first-order chi connectivity index (χ1) is 16.8. The van der Waals surface area contributed by atoms with E-state index in [1.54, 1.807) is 0 Å². The van der Waals surface area contributed by atoms with Gasteiger partial charge in [0.15, 0.2) is 5.78 Å². The maximum absolute atomic E-state index is 12.4. The van der Waals surface area contributed by atoms with Crippen LogP contribution in [0.25, 0.3) is 0 Å². The van der Waals surface area contributed by atoms with E-state index in [2.05, 4.69) is 35.6 Å². The van der Waals surface area contributed by atoms with Crippen molar-refractivity contribution in [3.63, 3.8) is 0 Å². The lowest BCUT2D eigenvalue weighted by atomic mass is 10.0. The fourth-order valence-corrected chi connectivity index (χ4v) is 4.08. The standard InChI is InChI=1S/C31H39NO2/c33-31(27-17-11-9-12-18-27)28-21-23-30(24-22-28)34-26-16-8-6-4-2-1-3-5-7-15-25-32-29-19-13-10-14-20-29/h9-14,17-24,32H,1-8,15-16,25-26H2. The van der Waals surface area contributed by atoms with Crippen molar-refractivity contribution in [3.05, 3.63) is 96.1 Å². The summed E-state index contributed by atoms with van der Waals surface area (Å²) in [6.45, 7) is 1.81. The van der Waals surface area contributed by atoms with Gasteiger partial charge in [-0.3, -0.25) is 4.79 Å². The minimum atomic E-state index is 0.0483. The fraction of sp³-hybridized carbons (Fsp3) is 0.387. The van der Waals surface area contributed by atoms with Crippen LogP contribution in [0.15, 0.2) is 84.9 Å². The highest BCUT2D eigenvalue weighted by atomic mass is 16.5. The van der Waals surface area contributed by atoms with Crippen LogP contribution in [0.4, 0.5) is 5.69 Å². The second kappa shape index (κ2) is 15.7. The number of hydrogen-bond donors (Lipinski definition) is 1. The molecule has 3 heteroatoms. The molecule has 0 saturated heterocycles. The first kappa shape index (κ1) is 25.6. The largest absolute Gasteiger partial charge is 0.494 e. The summed E-state index contributed by atoms with van der Waals surface area (Å²) in [6, 6.07) is 27.3. The summed E-state index contributed by atoms with van der Waals surface area (Å²) < 4.78 is 5.85. The van der Waals surface area contributed by atoms with Gasteiger partial charge in [0.2, 0.25) is 0 Å². The predicted molar refractivity (Wildman–Crippen MR) is 143 cm³/mol. The number of unbranched alkanes of at least 4 members (excludes halogenated alkanes) is 9. The summed E-state index contributed by atoms with van der Waals surface area (Å²) in [6.07, 6.45) is 12.9. The molecule has 0 aromatic heterocycles. The van der Waals surface area contributed by atoms with Crippen molar-refractivity contribution < 1.29 is 9.53 Å². The number of hydrogen-bond acceptors (Lipinski definition) is 3. The zero-order chi connectivity index (χ0) is 23.7. The molecule has 0 aliphatic rings. The van der Waals surface area contributed by atoms with E-state index >= 15 is 0 Å². The van der Waals surface area contributed by atoms with E-state index in [-0.39, 0.29) is 5.78 Å². The third kappa shape index (κ3) is 9.82. The first-order valence-corrected chi connectivity index (χ1v) is 12.9. The van der Waals surface area contributed by atoms with Gasteiger partial charge in [-0.05, 0) is 49.2 Å². The van der Waals surface area contributed by atoms with Gasteiger partial charge >= 0.3 is 0 Å². The van der Waals surface area contributed by atoms with Gasteiger partial charge in [0, 0.05) is 23.4 Å². The molecule has 1 N–H and O–H groups in total. The number of ether oxygens (including phenoxy) is 1. The van der Waals surface area contributed by atoms with Gasteiger partial charge in [-0.25, -0.2) is 0 Å². The van der Waals surface area contributed by atoms with E-state index in [9.17, 15) is 4.79 Å². The monoisotopic (exact) mass is 457 g/mol. The number of para-hydroxylation sites is 1. The van der Waals surface area contributed by atoms with E-state index < -0.39 is 0 Å². The van der Waals surface area contributed by atoms with Crippen LogP contribution in [0, 0.1) is 0 Å². The van der Waals surface area contributed by atoms with Crippen LogP contribution in [0.1, 0.15) is 80.1 Å². The lowest BCUT2D eigenvalue weighted by molar-refractivity contribution is 0.103. The molecule has 0 saturated carbocycles. The van der Waals surface area contributed by atoms with Gasteiger partial charge in [-0.15, -0.1) is 0 Å². The minimum absolute atomic E-state index is 0.0483. The van der Waals surface area contributed by atoms with E-state index in [1.807, 2.05) is 54.6 Å². The van der Waals surface area contributed by atoms with Gasteiger partial charge < -0.3 is 10.1 Å². The number of carbonyl (C=O) groups is 1. The zero-order valence-corrected chi connectivity index (χ0v) is 20.4. The molecule has 0 atom stereocenters. The molecule has 0 fully saturated rings. The van der Waals surface area contributed by atoms with Crippen LogP contribution in [0.2, 0.25) is 0 Å². The second-order valence-electron chi connectivity index (χ2n) is 8.90. The smallest absolute Gasteiger partial charge is 0.193 e. The molecule has 3 aromatic carbocycles. The summed E-state index contributed by atoms with van der Waals surface area (Å²) >= 11 is 0. The number of anilines is 1. The van der Waals surface area contributed by atoms with Gasteiger partial charge in [0.1, 0.15) is 5.75 Å². The molecule has 0 radical (unpaired) electrons. The Morgan fingerprint density at radius 3 is 1.68 bits per heavy atom. The van der Waals surface area contributed by atoms with Crippen molar-refractivity contribution in [2.75, 3.05) is 18.5 Å². The second-order valence-corrected chi connectivity index (χ2v) is 8.90. The van der Waals surface area contributed by atoms with Gasteiger partial charge in [-0.2, -0.15) is 0 Å². The Morgan fingerprint density at radius 2 is 1.06 bits per heavy atom. The van der Waals surface area contributed by atoms with Crippen LogP contribution in [-0.4, -0.2) is 18.9 Å². The van der Waals surface area contributed by atoms with Crippen molar-refractivity contribution >= 4 is 11.5 Å². The number of carbonyl (C=O) groups excluding carboxylic acids is 1. The Kier molecular flexibility index (Phi) is 11.8. The van der Waals surface area contributed by atoms with Gasteiger partial charge in [0.05, 0.1) is 6.61 Å². The Hall–Kier alpha value is -3.07. The molecule has 0 aliphatic heterocycles. The first-order valence-electron chi connectivity index (χ1n) is 12.9. The Bertz CT molecular complexity index is 923. The van der Waals surface area contributed by atoms with Crippen molar-refractivity contribution in [2.45, 2.75) is 64.2 Å². The summed E-state index contributed by atoms with van der Waals surface area (Å²) in [5.41, 5.74) is 2.64. The molecule has 34 heavy (non-hydrogen) atoms. The number of nitrogens with one attached hydrogen (secondary N) is 1. The van der Waals surface area contributed by atoms with E-state index in [4.69, 9.17) is 4.74 Å². The third-order valence-corrected chi connectivity index (χ3v) is 6.10. The van der Waals surface area contributed by atoms with Crippen LogP contribution >= 0.6 is 0 Å². The molecule has 0 bridgehead atoms. The normalized spacial score (nSPS) is 10.7. The van der Waals surface area contributed by atoms with Crippen LogP contribution in [0.3, 0.4) is 0 Å². The van der Waals surface area contributed by atoms with Crippen molar-refractivity contribution in [1.29, 1.82) is 0 Å². The lowest BCUT2D eigenvalue weighted by Gasteiger charge is -2.07. The molecule has 180 valence electrons. The molecule has 0 heterocycles. The molecule has 0 aliphatic carbocycles. The molecular formula is C31H39NO2. The van der Waals surface area contributed by atoms with Gasteiger partial charge in [0.25, 0.3) is 0 Å². The number of rotatable bonds is 17. The van der Waals surface area contributed by atoms with E-state index in [0.717, 1.165) is 25.3 Å². The average molecular weight is 458 g/mol. The number of ketones is 1. The highest BCUT2D eigenvalue weighted by Crippen LogP contribution is 2.17. The molecule has 0 amide bonds. The Labute approximate surface area is 205 Å². The molecule has 3 rings (SSSR count). The van der Waals surface area contributed by atoms with Gasteiger partial charge in [-0.1, -0.05) is 99.9 Å². The average Bonchev–Trinajstić information content (AvgIpc) is 2.90. The molecule has 0 spiro atoms. The quantitative estimate of drug-likeness (QED) is 0.164. The third-order valence-electron chi connectivity index (χ3n) is 6.10. The summed E-state index contributed by atoms with van der Waals surface area (Å²) in [5.74, 6) is 0.885. The maximum Gasteiger partial charge on any atom is 0.193 e. The minimum Gasteiger partial charge on any atom is -0.494 e. The molecule has 3 aromatic rings. The van der Waals surface area contributed by atoms with E-state index in [0.29, 0.717) is 11.1 Å². The Balaban J connectivity index is 1.12. The lowest BCUT2D eigenvalue weighted by Crippen LogP contribution is -2.01. The van der Waals surface area contributed by atoms with Crippen molar-refractivity contribution in [1.82, 2.24) is 0 Å². The van der Waals surface area contributed by atoms with Crippen LogP contribution in [-0.2, 0) is 0 Å². The maximum atomic E-state index is 12.4. The number of benzene rings is 3. The predicted octanol–water partition coefficient (Wildman–Crippen LogP) is 8.31. The van der Waals surface area contributed by atoms with E-state index in [1.165, 1.54) is 63.5 Å². The Morgan fingerprint density at radius 1 is 0.559 bits per heavy atom. The SMILES string of the molecule is O=C(c1ccccc1)c1ccc(OCCCCCCCCCCCCNc2ccccc2)cc1. The summed E-state index contributed by atoms with van der Waals surface area (Å²) in [4.78, 5) is 12.4. The highest BCUT2D eigenvalue weighted by molar-refractivity contribution is 6.08. The van der Waals surface area contributed by atoms with Crippen molar-refractivity contribution in [2.24, 2.45) is 0 Å². The van der Waals surface area contributed by atoms with Crippen LogP contribution in [0.5, 0.6) is 5.75 Å². The highest BCUT2D eigenvalue weighted by Gasteiger charge is 2.08. The fourth-order valence-electron chi connectivity index (χ4n) is 4.08. The molecular weight excluding hydrogens is 418 g/mol. The van der Waals surface area contributed by atoms with Crippen LogP contribution < -0.4 is 10.1 Å². The molecule has 3 nitrogen and oxygen atoms in total. The van der Waals surface area contributed by atoms with Crippen molar-refractivity contribution in [3.8, 4) is 5.75 Å². The summed E-state index contributed by atoms with van der Waals surface area (Å²) in [7, 11) is 0.